The van der Waals surface area contributed by atoms with Gasteiger partial charge in [0.2, 0.25) is 0 Å². The minimum atomic E-state index is 0. The highest BCUT2D eigenvalue weighted by atomic mass is 35.5. The van der Waals surface area contributed by atoms with E-state index >= 15 is 0 Å². The first-order valence-electron chi connectivity index (χ1n) is 8.37. The van der Waals surface area contributed by atoms with Crippen molar-refractivity contribution in [3.05, 3.63) is 71.3 Å². The molecule has 136 valence electrons. The van der Waals surface area contributed by atoms with E-state index in [1.807, 2.05) is 24.3 Å². The van der Waals surface area contributed by atoms with Crippen molar-refractivity contribution in [1.82, 2.24) is 9.80 Å². The SMILES string of the molecule is CN(C)C(=O)c1cccc(CN(CCN)CCc2ccccc2)c1.Cl. The average molecular weight is 362 g/mol. The van der Waals surface area contributed by atoms with E-state index < -0.39 is 0 Å². The van der Waals surface area contributed by atoms with Crippen molar-refractivity contribution >= 4 is 18.3 Å². The molecule has 2 N–H and O–H groups in total. The van der Waals surface area contributed by atoms with Gasteiger partial charge in [0.25, 0.3) is 5.91 Å². The summed E-state index contributed by atoms with van der Waals surface area (Å²) in [7, 11) is 3.55. The van der Waals surface area contributed by atoms with Crippen LogP contribution in [0.4, 0.5) is 0 Å². The molecule has 0 fully saturated rings. The molecule has 0 aliphatic heterocycles. The molecular formula is C20H28ClN3O. The molecule has 5 heteroatoms. The van der Waals surface area contributed by atoms with Crippen LogP contribution in [0.5, 0.6) is 0 Å². The van der Waals surface area contributed by atoms with Crippen molar-refractivity contribution in [2.45, 2.75) is 13.0 Å². The van der Waals surface area contributed by atoms with Crippen molar-refractivity contribution in [3.8, 4) is 0 Å². The molecular weight excluding hydrogens is 334 g/mol. The molecule has 0 radical (unpaired) electrons. The highest BCUT2D eigenvalue weighted by Gasteiger charge is 2.10. The summed E-state index contributed by atoms with van der Waals surface area (Å²) in [5.74, 6) is 0.0338. The van der Waals surface area contributed by atoms with Crippen molar-refractivity contribution in [1.29, 1.82) is 0 Å². The monoisotopic (exact) mass is 361 g/mol. The molecule has 2 aromatic rings. The van der Waals surface area contributed by atoms with Crippen LogP contribution in [0.3, 0.4) is 0 Å². The molecule has 0 aliphatic carbocycles. The Morgan fingerprint density at radius 1 is 0.960 bits per heavy atom. The number of hydrogen-bond donors (Lipinski definition) is 1. The summed E-state index contributed by atoms with van der Waals surface area (Å²) in [4.78, 5) is 16.1. The zero-order valence-corrected chi connectivity index (χ0v) is 15.8. The van der Waals surface area contributed by atoms with Crippen LogP contribution in [-0.4, -0.2) is 49.4 Å². The zero-order valence-electron chi connectivity index (χ0n) is 15.0. The average Bonchev–Trinajstić information content (AvgIpc) is 2.60. The number of halogens is 1. The Hall–Kier alpha value is -1.88. The van der Waals surface area contributed by atoms with Gasteiger partial charge in [0, 0.05) is 45.8 Å². The van der Waals surface area contributed by atoms with Gasteiger partial charge in [0.05, 0.1) is 0 Å². The predicted octanol–water partition coefficient (Wildman–Crippen LogP) is 2.81. The second-order valence-electron chi connectivity index (χ2n) is 6.20. The lowest BCUT2D eigenvalue weighted by atomic mass is 10.1. The lowest BCUT2D eigenvalue weighted by Crippen LogP contribution is -2.31. The number of nitrogens with two attached hydrogens (primary N) is 1. The van der Waals surface area contributed by atoms with Gasteiger partial charge in [-0.2, -0.15) is 0 Å². The standard InChI is InChI=1S/C20H27N3O.ClH/c1-22(2)20(24)19-10-6-9-18(15-19)16-23(14-12-21)13-11-17-7-4-3-5-8-17;/h3-10,15H,11-14,16,21H2,1-2H3;1H. The maximum absolute atomic E-state index is 12.1. The molecule has 0 unspecified atom stereocenters. The molecule has 0 aromatic heterocycles. The topological polar surface area (TPSA) is 49.6 Å². The van der Waals surface area contributed by atoms with Crippen LogP contribution < -0.4 is 5.73 Å². The van der Waals surface area contributed by atoms with E-state index in [9.17, 15) is 4.79 Å². The Balaban J connectivity index is 0.00000312. The molecule has 1 amide bonds. The highest BCUT2D eigenvalue weighted by molar-refractivity contribution is 5.94. The summed E-state index contributed by atoms with van der Waals surface area (Å²) >= 11 is 0. The van der Waals surface area contributed by atoms with E-state index in [0.29, 0.717) is 6.54 Å². The Morgan fingerprint density at radius 3 is 2.28 bits per heavy atom. The van der Waals surface area contributed by atoms with Gasteiger partial charge in [-0.25, -0.2) is 0 Å². The molecule has 4 nitrogen and oxygen atoms in total. The minimum absolute atomic E-state index is 0. The van der Waals surface area contributed by atoms with E-state index in [0.717, 1.165) is 37.2 Å². The summed E-state index contributed by atoms with van der Waals surface area (Å²) in [5.41, 5.74) is 8.97. The minimum Gasteiger partial charge on any atom is -0.345 e. The van der Waals surface area contributed by atoms with Gasteiger partial charge >= 0.3 is 0 Å². The first kappa shape index (κ1) is 21.2. The number of carbonyl (C=O) groups is 1. The lowest BCUT2D eigenvalue weighted by molar-refractivity contribution is 0.0827. The number of benzene rings is 2. The Bertz CT molecular complexity index is 646. The number of hydrogen-bond acceptors (Lipinski definition) is 3. The van der Waals surface area contributed by atoms with Crippen molar-refractivity contribution < 1.29 is 4.79 Å². The first-order chi connectivity index (χ1) is 11.6. The van der Waals surface area contributed by atoms with Gasteiger partial charge in [-0.15, -0.1) is 12.4 Å². The lowest BCUT2D eigenvalue weighted by Gasteiger charge is -2.22. The van der Waals surface area contributed by atoms with Crippen LogP contribution in [0.15, 0.2) is 54.6 Å². The second-order valence-corrected chi connectivity index (χ2v) is 6.20. The van der Waals surface area contributed by atoms with Crippen LogP contribution in [0.1, 0.15) is 21.5 Å². The fourth-order valence-corrected chi connectivity index (χ4v) is 2.70. The highest BCUT2D eigenvalue weighted by Crippen LogP contribution is 2.11. The van der Waals surface area contributed by atoms with Crippen molar-refractivity contribution in [3.63, 3.8) is 0 Å². The van der Waals surface area contributed by atoms with Gasteiger partial charge in [0.15, 0.2) is 0 Å². The van der Waals surface area contributed by atoms with Crippen LogP contribution >= 0.6 is 12.4 Å². The van der Waals surface area contributed by atoms with Crippen LogP contribution in [0.25, 0.3) is 0 Å². The predicted molar refractivity (Wildman–Crippen MR) is 106 cm³/mol. The molecule has 0 atom stereocenters. The van der Waals surface area contributed by atoms with Crippen LogP contribution in [0, 0.1) is 0 Å². The molecule has 0 bridgehead atoms. The van der Waals surface area contributed by atoms with Gasteiger partial charge in [-0.3, -0.25) is 9.69 Å². The number of nitrogens with zero attached hydrogens (tertiary/aromatic N) is 2. The normalized spacial score (nSPS) is 10.4. The number of amides is 1. The molecule has 0 saturated heterocycles. The van der Waals surface area contributed by atoms with Gasteiger partial charge in [-0.05, 0) is 29.7 Å². The maximum atomic E-state index is 12.1. The first-order valence-corrected chi connectivity index (χ1v) is 8.37. The van der Waals surface area contributed by atoms with Crippen LogP contribution in [0.2, 0.25) is 0 Å². The van der Waals surface area contributed by atoms with Gasteiger partial charge in [-0.1, -0.05) is 42.5 Å². The Morgan fingerprint density at radius 2 is 1.64 bits per heavy atom. The second kappa shape index (κ2) is 10.9. The van der Waals surface area contributed by atoms with E-state index in [4.69, 9.17) is 5.73 Å². The summed E-state index contributed by atoms with van der Waals surface area (Å²) in [6.45, 7) is 3.23. The number of rotatable bonds is 8. The third-order valence-corrected chi connectivity index (χ3v) is 3.99. The van der Waals surface area contributed by atoms with Gasteiger partial charge in [0.1, 0.15) is 0 Å². The molecule has 2 aromatic carbocycles. The third-order valence-electron chi connectivity index (χ3n) is 3.99. The van der Waals surface area contributed by atoms with Crippen molar-refractivity contribution in [2.75, 3.05) is 33.7 Å². The molecule has 2 rings (SSSR count). The van der Waals surface area contributed by atoms with E-state index in [1.165, 1.54) is 5.56 Å². The van der Waals surface area contributed by atoms with Gasteiger partial charge < -0.3 is 10.6 Å². The molecule has 0 saturated carbocycles. The molecule has 0 aliphatic rings. The number of carbonyl (C=O) groups excluding carboxylic acids is 1. The fourth-order valence-electron chi connectivity index (χ4n) is 2.70. The summed E-state index contributed by atoms with van der Waals surface area (Å²) in [6.07, 6.45) is 0.997. The smallest absolute Gasteiger partial charge is 0.253 e. The van der Waals surface area contributed by atoms with E-state index in [1.54, 1.807) is 19.0 Å². The Kier molecular flexibility index (Phi) is 9.21. The quantitative estimate of drug-likeness (QED) is 0.786. The van der Waals surface area contributed by atoms with E-state index in [2.05, 4.69) is 35.2 Å². The summed E-state index contributed by atoms with van der Waals surface area (Å²) in [6, 6.07) is 18.3. The zero-order chi connectivity index (χ0) is 17.4. The summed E-state index contributed by atoms with van der Waals surface area (Å²) < 4.78 is 0. The van der Waals surface area contributed by atoms with Crippen molar-refractivity contribution in [2.24, 2.45) is 5.73 Å². The largest absolute Gasteiger partial charge is 0.345 e. The molecule has 25 heavy (non-hydrogen) atoms. The molecule has 0 heterocycles. The van der Waals surface area contributed by atoms with Crippen LogP contribution in [-0.2, 0) is 13.0 Å². The Labute approximate surface area is 157 Å². The third kappa shape index (κ3) is 6.86. The maximum Gasteiger partial charge on any atom is 0.253 e. The fraction of sp³-hybridized carbons (Fsp3) is 0.350. The van der Waals surface area contributed by atoms with E-state index in [-0.39, 0.29) is 18.3 Å². The summed E-state index contributed by atoms with van der Waals surface area (Å²) in [5, 5.41) is 0. The molecule has 0 spiro atoms.